The Morgan fingerprint density at radius 3 is 2.57 bits per heavy atom. The molecule has 6 nitrogen and oxygen atoms in total. The van der Waals surface area contributed by atoms with Crippen LogP contribution in [0.4, 0.5) is 4.39 Å². The fraction of sp³-hybridized carbons (Fsp3) is 0.185. The first kappa shape index (κ1) is 24.6. The lowest BCUT2D eigenvalue weighted by molar-refractivity contribution is 0.137. The highest BCUT2D eigenvalue weighted by molar-refractivity contribution is 14.1. The van der Waals surface area contributed by atoms with Crippen LogP contribution < -0.4 is 0 Å². The number of fused-ring (bicyclic) bond motifs is 3. The van der Waals surface area contributed by atoms with E-state index in [4.69, 9.17) is 16.0 Å². The van der Waals surface area contributed by atoms with Crippen molar-refractivity contribution >= 4 is 54.9 Å². The maximum Gasteiger partial charge on any atom is 0.294 e. The van der Waals surface area contributed by atoms with Gasteiger partial charge in [0.25, 0.3) is 10.9 Å². The minimum Gasteiger partial charge on any atom is -0.420 e. The molecule has 5 aromatic rings. The molecule has 2 atom stereocenters. The van der Waals surface area contributed by atoms with Gasteiger partial charge in [0.2, 0.25) is 15.7 Å². The number of sulfone groups is 1. The number of halogens is 3. The van der Waals surface area contributed by atoms with Crippen LogP contribution in [0.2, 0.25) is 5.02 Å². The van der Waals surface area contributed by atoms with Crippen LogP contribution in [0, 0.1) is 9.49 Å². The molecule has 2 aromatic heterocycles. The van der Waals surface area contributed by atoms with Crippen LogP contribution in [0.15, 0.2) is 82.1 Å². The molecule has 0 spiro atoms. The van der Waals surface area contributed by atoms with Gasteiger partial charge in [0.15, 0.2) is 0 Å². The summed E-state index contributed by atoms with van der Waals surface area (Å²) in [5.74, 6) is -1.38. The van der Waals surface area contributed by atoms with E-state index in [1.807, 2.05) is 36.4 Å². The van der Waals surface area contributed by atoms with Gasteiger partial charge in [-0.25, -0.2) is 12.8 Å². The second-order valence-corrected chi connectivity index (χ2v) is 12.9. The molecule has 0 fully saturated rings. The molecule has 1 aliphatic rings. The van der Waals surface area contributed by atoms with Gasteiger partial charge < -0.3 is 9.40 Å². The number of nitrogens with zero attached hydrogens (tertiary/aromatic N) is 2. The maximum absolute atomic E-state index is 17.4. The van der Waals surface area contributed by atoms with E-state index in [2.05, 4.69) is 37.8 Å². The topological polar surface area (TPSA) is 88.8 Å². The van der Waals surface area contributed by atoms with Gasteiger partial charge in [-0.3, -0.25) is 0 Å². The van der Waals surface area contributed by atoms with Gasteiger partial charge in [-0.2, -0.15) is 0 Å². The molecular weight excluding hydrogens is 628 g/mol. The third kappa shape index (κ3) is 4.17. The van der Waals surface area contributed by atoms with Crippen LogP contribution in [-0.2, 0) is 34.1 Å². The molecule has 2 unspecified atom stereocenters. The predicted molar refractivity (Wildman–Crippen MR) is 147 cm³/mol. The Bertz CT molecular complexity index is 1720. The number of alkyl halides is 1. The summed E-state index contributed by atoms with van der Waals surface area (Å²) in [6.45, 7) is 0. The monoisotopic (exact) mass is 647 g/mol. The first-order valence-electron chi connectivity index (χ1n) is 11.6. The van der Waals surface area contributed by atoms with Gasteiger partial charge in [-0.1, -0.05) is 41.9 Å². The van der Waals surface area contributed by atoms with Crippen LogP contribution in [0.1, 0.15) is 28.6 Å². The molecule has 3 aromatic carbocycles. The van der Waals surface area contributed by atoms with E-state index in [0.29, 0.717) is 5.02 Å². The largest absolute Gasteiger partial charge is 0.420 e. The van der Waals surface area contributed by atoms with Crippen molar-refractivity contribution in [3.63, 3.8) is 0 Å². The number of aromatic nitrogens is 3. The Morgan fingerprint density at radius 1 is 1.05 bits per heavy atom. The lowest BCUT2D eigenvalue weighted by Gasteiger charge is -2.28. The zero-order valence-corrected chi connectivity index (χ0v) is 23.0. The quantitative estimate of drug-likeness (QED) is 0.215. The Morgan fingerprint density at radius 2 is 1.81 bits per heavy atom. The molecule has 0 amide bonds. The summed E-state index contributed by atoms with van der Waals surface area (Å²) in [4.78, 5) is 3.16. The molecule has 10 heteroatoms. The Hall–Kier alpha value is -2.76. The van der Waals surface area contributed by atoms with Gasteiger partial charge in [0.05, 0.1) is 11.3 Å². The van der Waals surface area contributed by atoms with E-state index < -0.39 is 26.6 Å². The molecule has 1 N–H and O–H groups in total. The average Bonchev–Trinajstić information content (AvgIpc) is 3.61. The minimum atomic E-state index is -4.56. The Balaban J connectivity index is 1.43. The molecule has 1 aliphatic carbocycles. The molecule has 2 heterocycles. The van der Waals surface area contributed by atoms with Gasteiger partial charge >= 0.3 is 0 Å². The van der Waals surface area contributed by atoms with Crippen molar-refractivity contribution in [1.82, 2.24) is 15.2 Å². The summed E-state index contributed by atoms with van der Waals surface area (Å²) in [7, 11) is -4.56. The molecule has 0 saturated heterocycles. The van der Waals surface area contributed by atoms with E-state index in [1.54, 1.807) is 24.3 Å². The van der Waals surface area contributed by atoms with Crippen LogP contribution in [0.25, 0.3) is 10.9 Å². The first-order chi connectivity index (χ1) is 17.8. The van der Waals surface area contributed by atoms with Gasteiger partial charge in [0.1, 0.15) is 0 Å². The standard InChI is InChI=1S/C27H20ClFIN3O3S/c28-18-8-11-23-22(15-18)21-13-17(14-24(21)31-23)27(29,37(34,35)20-4-2-1-3-5-20)26-33-32-25(36-26)12-16-6-9-19(30)10-7-16/h1-11,15,17,31H,12-14H2. The summed E-state index contributed by atoms with van der Waals surface area (Å²) >= 11 is 8.42. The molecule has 37 heavy (non-hydrogen) atoms. The zero-order chi connectivity index (χ0) is 25.8. The highest BCUT2D eigenvalue weighted by Crippen LogP contribution is 2.49. The number of H-pyrrole nitrogens is 1. The summed E-state index contributed by atoms with van der Waals surface area (Å²) in [6.07, 6.45) is 0.602. The predicted octanol–water partition coefficient (Wildman–Crippen LogP) is 6.41. The lowest BCUT2D eigenvalue weighted by atomic mass is 9.98. The number of nitrogens with one attached hydrogen (secondary N) is 1. The van der Waals surface area contributed by atoms with Crippen molar-refractivity contribution in [2.24, 2.45) is 5.92 Å². The second-order valence-electron chi connectivity index (χ2n) is 9.14. The van der Waals surface area contributed by atoms with Crippen LogP contribution >= 0.6 is 34.2 Å². The van der Waals surface area contributed by atoms with Crippen LogP contribution in [-0.4, -0.2) is 23.6 Å². The normalized spacial score (nSPS) is 17.1. The Labute approximate surface area is 231 Å². The molecule has 0 saturated carbocycles. The smallest absolute Gasteiger partial charge is 0.294 e. The Kier molecular flexibility index (Phi) is 6.12. The minimum absolute atomic E-state index is 0.140. The average molecular weight is 648 g/mol. The number of aromatic amines is 1. The number of rotatable bonds is 6. The van der Waals surface area contributed by atoms with Gasteiger partial charge in [-0.15, -0.1) is 10.2 Å². The number of hydrogen-bond donors (Lipinski definition) is 1. The molecule has 6 rings (SSSR count). The van der Waals surface area contributed by atoms with E-state index in [9.17, 15) is 8.42 Å². The van der Waals surface area contributed by atoms with E-state index in [1.165, 1.54) is 12.1 Å². The van der Waals surface area contributed by atoms with E-state index in [-0.39, 0.29) is 30.0 Å². The van der Waals surface area contributed by atoms with Crippen LogP contribution in [0.3, 0.4) is 0 Å². The fourth-order valence-electron chi connectivity index (χ4n) is 5.03. The molecule has 0 radical (unpaired) electrons. The first-order valence-corrected chi connectivity index (χ1v) is 14.5. The zero-order valence-electron chi connectivity index (χ0n) is 19.3. The highest BCUT2D eigenvalue weighted by atomic mass is 127. The summed E-state index contributed by atoms with van der Waals surface area (Å²) in [5, 5.41) is 6.46. The van der Waals surface area contributed by atoms with E-state index >= 15 is 4.39 Å². The maximum atomic E-state index is 17.4. The SMILES string of the molecule is O=S(=O)(c1ccccc1)C(F)(c1nnc(Cc2ccc(I)cc2)o1)C1Cc2[nH]c3ccc(Cl)cc3c2C1. The van der Waals surface area contributed by atoms with Gasteiger partial charge in [-0.05, 0) is 89.0 Å². The molecule has 0 aliphatic heterocycles. The van der Waals surface area contributed by atoms with Crippen molar-refractivity contribution in [1.29, 1.82) is 0 Å². The number of benzene rings is 3. The number of hydrogen-bond acceptors (Lipinski definition) is 5. The van der Waals surface area contributed by atoms with Crippen LogP contribution in [0.5, 0.6) is 0 Å². The third-order valence-corrected chi connectivity index (χ3v) is 9.99. The molecular formula is C27H20ClFIN3O3S. The second kappa shape index (κ2) is 9.21. The summed E-state index contributed by atoms with van der Waals surface area (Å²) in [5.41, 5.74) is 3.41. The highest BCUT2D eigenvalue weighted by Gasteiger charge is 2.59. The summed E-state index contributed by atoms with van der Waals surface area (Å²) in [6, 6.07) is 20.7. The summed E-state index contributed by atoms with van der Waals surface area (Å²) < 4.78 is 52.0. The van der Waals surface area contributed by atoms with Crippen molar-refractivity contribution in [3.05, 3.63) is 110 Å². The molecule has 0 bridgehead atoms. The lowest BCUT2D eigenvalue weighted by Crippen LogP contribution is -2.40. The van der Waals surface area contributed by atoms with E-state index in [0.717, 1.165) is 31.3 Å². The fourth-order valence-corrected chi connectivity index (χ4v) is 7.34. The van der Waals surface area contributed by atoms with Crippen molar-refractivity contribution < 1.29 is 17.2 Å². The van der Waals surface area contributed by atoms with Crippen molar-refractivity contribution in [2.45, 2.75) is 29.2 Å². The molecule has 188 valence electrons. The van der Waals surface area contributed by atoms with Crippen molar-refractivity contribution in [2.75, 3.05) is 0 Å². The van der Waals surface area contributed by atoms with Crippen molar-refractivity contribution in [3.8, 4) is 0 Å². The third-order valence-electron chi connectivity index (χ3n) is 6.85. The van der Waals surface area contributed by atoms with Gasteiger partial charge in [0, 0.05) is 31.1 Å².